The van der Waals surface area contributed by atoms with Gasteiger partial charge in [-0.25, -0.2) is 9.78 Å². The van der Waals surface area contributed by atoms with E-state index >= 15 is 0 Å². The van der Waals surface area contributed by atoms with E-state index < -0.39 is 6.10 Å². The number of aliphatic hydroxyl groups is 1. The number of nitrogens with one attached hydrogen (secondary N) is 2. The second-order valence-electron chi connectivity index (χ2n) is 7.65. The van der Waals surface area contributed by atoms with Crippen molar-refractivity contribution in [3.63, 3.8) is 0 Å². The van der Waals surface area contributed by atoms with Crippen molar-refractivity contribution in [3.8, 4) is 0 Å². The quantitative estimate of drug-likeness (QED) is 0.714. The van der Waals surface area contributed by atoms with Gasteiger partial charge in [0.1, 0.15) is 5.01 Å². The van der Waals surface area contributed by atoms with Crippen LogP contribution in [0.2, 0.25) is 0 Å². The molecule has 130 valence electrons. The van der Waals surface area contributed by atoms with Crippen molar-refractivity contribution >= 4 is 17.4 Å². The summed E-state index contributed by atoms with van der Waals surface area (Å²) >= 11 is 1.61. The number of aryl methyl sites for hydroxylation is 1. The van der Waals surface area contributed by atoms with Crippen LogP contribution in [-0.2, 0) is 0 Å². The van der Waals surface area contributed by atoms with E-state index in [0.29, 0.717) is 12.5 Å². The summed E-state index contributed by atoms with van der Waals surface area (Å²) in [4.78, 5) is 16.8. The molecule has 0 spiro atoms. The molecule has 2 amide bonds. The van der Waals surface area contributed by atoms with E-state index in [1.54, 1.807) is 11.3 Å². The number of rotatable bonds is 7. The lowest BCUT2D eigenvalue weighted by Gasteiger charge is -2.33. The Hall–Kier alpha value is -1.14. The van der Waals surface area contributed by atoms with Gasteiger partial charge >= 0.3 is 6.03 Å². The topological polar surface area (TPSA) is 74.2 Å². The van der Waals surface area contributed by atoms with Gasteiger partial charge in [-0.2, -0.15) is 0 Å². The van der Waals surface area contributed by atoms with E-state index in [0.717, 1.165) is 23.5 Å². The van der Waals surface area contributed by atoms with Crippen molar-refractivity contribution in [1.82, 2.24) is 15.6 Å². The number of amides is 2. The molecule has 1 saturated carbocycles. The molecule has 2 unspecified atom stereocenters. The molecule has 0 radical (unpaired) electrons. The molecular formula is C17H29N3O2S. The minimum absolute atomic E-state index is 0.00633. The maximum absolute atomic E-state index is 12.3. The third-order valence-corrected chi connectivity index (χ3v) is 5.47. The first-order chi connectivity index (χ1) is 10.7. The van der Waals surface area contributed by atoms with Crippen LogP contribution in [0.3, 0.4) is 0 Å². The number of nitrogens with zero attached hydrogens (tertiary/aromatic N) is 1. The van der Waals surface area contributed by atoms with Crippen LogP contribution in [0, 0.1) is 24.2 Å². The van der Waals surface area contributed by atoms with Crippen molar-refractivity contribution < 1.29 is 9.90 Å². The average molecular weight is 340 g/mol. The van der Waals surface area contributed by atoms with Gasteiger partial charge in [-0.1, -0.05) is 27.7 Å². The largest absolute Gasteiger partial charge is 0.392 e. The second-order valence-corrected chi connectivity index (χ2v) is 8.54. The Kier molecular flexibility index (Phi) is 5.68. The lowest BCUT2D eigenvalue weighted by atomic mass is 9.81. The fourth-order valence-electron chi connectivity index (χ4n) is 2.83. The molecule has 1 heterocycles. The lowest BCUT2D eigenvalue weighted by Crippen LogP contribution is -2.47. The summed E-state index contributed by atoms with van der Waals surface area (Å²) in [5, 5.41) is 19.2. The highest BCUT2D eigenvalue weighted by atomic mass is 32.1. The van der Waals surface area contributed by atoms with E-state index in [1.165, 1.54) is 0 Å². The lowest BCUT2D eigenvalue weighted by molar-refractivity contribution is 0.0151. The van der Waals surface area contributed by atoms with Crippen molar-refractivity contribution in [3.05, 3.63) is 16.1 Å². The minimum Gasteiger partial charge on any atom is -0.392 e. The van der Waals surface area contributed by atoms with Gasteiger partial charge in [0.15, 0.2) is 0 Å². The van der Waals surface area contributed by atoms with E-state index in [2.05, 4.69) is 15.6 Å². The molecule has 1 aromatic heterocycles. The SMILES string of the molecule is Cc1csc(C(NC(=O)NCC(C)(C)C(O)C(C)C)C2CC2)n1. The Morgan fingerprint density at radius 1 is 1.48 bits per heavy atom. The molecule has 2 rings (SSSR count). The summed E-state index contributed by atoms with van der Waals surface area (Å²) in [6.45, 7) is 10.3. The Labute approximate surface area is 142 Å². The summed E-state index contributed by atoms with van der Waals surface area (Å²) in [5.41, 5.74) is 0.636. The van der Waals surface area contributed by atoms with Gasteiger partial charge < -0.3 is 15.7 Å². The number of carbonyl (C=O) groups excluding carboxylic acids is 1. The van der Waals surface area contributed by atoms with Gasteiger partial charge in [0.25, 0.3) is 0 Å². The number of urea groups is 1. The molecular weight excluding hydrogens is 310 g/mol. The zero-order chi connectivity index (χ0) is 17.2. The molecule has 1 aliphatic carbocycles. The Bertz CT molecular complexity index is 538. The van der Waals surface area contributed by atoms with Crippen LogP contribution in [-0.4, -0.2) is 28.8 Å². The smallest absolute Gasteiger partial charge is 0.315 e. The minimum atomic E-state index is -0.455. The molecule has 0 bridgehead atoms. The normalized spacial score (nSPS) is 17.9. The number of hydrogen-bond donors (Lipinski definition) is 3. The molecule has 3 N–H and O–H groups in total. The second kappa shape index (κ2) is 7.18. The summed E-state index contributed by atoms with van der Waals surface area (Å²) < 4.78 is 0. The average Bonchev–Trinajstić information content (AvgIpc) is 3.23. The molecule has 2 atom stereocenters. The molecule has 1 aliphatic rings. The zero-order valence-corrected chi connectivity index (χ0v) is 15.5. The van der Waals surface area contributed by atoms with Gasteiger partial charge in [-0.15, -0.1) is 11.3 Å². The molecule has 6 heteroatoms. The van der Waals surface area contributed by atoms with Gasteiger partial charge in [-0.05, 0) is 31.6 Å². The highest BCUT2D eigenvalue weighted by Gasteiger charge is 2.36. The van der Waals surface area contributed by atoms with Crippen LogP contribution >= 0.6 is 11.3 Å². The molecule has 5 nitrogen and oxygen atoms in total. The van der Waals surface area contributed by atoms with E-state index in [9.17, 15) is 9.90 Å². The highest BCUT2D eigenvalue weighted by Crippen LogP contribution is 2.41. The summed E-state index contributed by atoms with van der Waals surface area (Å²) in [5.74, 6) is 0.660. The van der Waals surface area contributed by atoms with Gasteiger partial charge in [0.2, 0.25) is 0 Å². The van der Waals surface area contributed by atoms with Gasteiger partial charge in [-0.3, -0.25) is 0 Å². The Morgan fingerprint density at radius 2 is 2.13 bits per heavy atom. The molecule has 0 saturated heterocycles. The number of aromatic nitrogens is 1. The fourth-order valence-corrected chi connectivity index (χ4v) is 3.77. The molecule has 23 heavy (non-hydrogen) atoms. The van der Waals surface area contributed by atoms with Crippen molar-refractivity contribution in [1.29, 1.82) is 0 Å². The predicted octanol–water partition coefficient (Wildman–Crippen LogP) is 3.24. The molecule has 1 aromatic rings. The maximum atomic E-state index is 12.3. The third kappa shape index (κ3) is 4.91. The Balaban J connectivity index is 1.90. The van der Waals surface area contributed by atoms with Crippen LogP contribution in [0.1, 0.15) is 57.3 Å². The first-order valence-electron chi connectivity index (χ1n) is 8.35. The summed E-state index contributed by atoms with van der Waals surface area (Å²) in [6.07, 6.45) is 1.83. The van der Waals surface area contributed by atoms with E-state index in [4.69, 9.17) is 0 Å². The number of carbonyl (C=O) groups is 1. The molecule has 1 fully saturated rings. The monoisotopic (exact) mass is 339 g/mol. The van der Waals surface area contributed by atoms with Crippen LogP contribution in [0.15, 0.2) is 5.38 Å². The van der Waals surface area contributed by atoms with Gasteiger partial charge in [0, 0.05) is 23.0 Å². The van der Waals surface area contributed by atoms with Crippen molar-refractivity contribution in [2.45, 2.75) is 59.6 Å². The van der Waals surface area contributed by atoms with Crippen molar-refractivity contribution in [2.24, 2.45) is 17.3 Å². The number of aliphatic hydroxyl groups excluding tert-OH is 1. The summed E-state index contributed by atoms with van der Waals surface area (Å²) in [7, 11) is 0. The standard InChI is InChI=1S/C17H29N3O2S/c1-10(2)14(21)17(4,5)9-18-16(22)20-13(12-6-7-12)15-19-11(3)8-23-15/h8,10,12-14,21H,6-7,9H2,1-5H3,(H2,18,20,22). The van der Waals surface area contributed by atoms with E-state index in [-0.39, 0.29) is 23.4 Å². The van der Waals surface area contributed by atoms with Crippen LogP contribution in [0.4, 0.5) is 4.79 Å². The first kappa shape index (κ1) is 18.2. The van der Waals surface area contributed by atoms with Gasteiger partial charge in [0.05, 0.1) is 12.1 Å². The molecule has 0 aliphatic heterocycles. The maximum Gasteiger partial charge on any atom is 0.315 e. The van der Waals surface area contributed by atoms with Crippen molar-refractivity contribution in [2.75, 3.05) is 6.54 Å². The Morgan fingerprint density at radius 3 is 2.61 bits per heavy atom. The van der Waals surface area contributed by atoms with Crippen LogP contribution in [0.25, 0.3) is 0 Å². The predicted molar refractivity (Wildman–Crippen MR) is 93.5 cm³/mol. The first-order valence-corrected chi connectivity index (χ1v) is 9.23. The number of thiazole rings is 1. The van der Waals surface area contributed by atoms with E-state index in [1.807, 2.05) is 40.0 Å². The third-order valence-electron chi connectivity index (χ3n) is 4.42. The number of hydrogen-bond acceptors (Lipinski definition) is 4. The van der Waals surface area contributed by atoms with Crippen LogP contribution in [0.5, 0.6) is 0 Å². The fraction of sp³-hybridized carbons (Fsp3) is 0.765. The summed E-state index contributed by atoms with van der Waals surface area (Å²) in [6, 6.07) is -0.175. The molecule has 0 aromatic carbocycles. The van der Waals surface area contributed by atoms with Crippen LogP contribution < -0.4 is 10.6 Å². The highest BCUT2D eigenvalue weighted by molar-refractivity contribution is 7.09. The zero-order valence-electron chi connectivity index (χ0n) is 14.7.